The summed E-state index contributed by atoms with van der Waals surface area (Å²) < 4.78 is 5.64. The zero-order valence-corrected chi connectivity index (χ0v) is 9.24. The summed E-state index contributed by atoms with van der Waals surface area (Å²) in [6.07, 6.45) is 1.54. The molecule has 4 nitrogen and oxygen atoms in total. The third kappa shape index (κ3) is 6.21. The first kappa shape index (κ1) is 11.5. The summed E-state index contributed by atoms with van der Waals surface area (Å²) >= 11 is 0. The van der Waals surface area contributed by atoms with Crippen molar-refractivity contribution in [2.24, 2.45) is 5.11 Å². The second kappa shape index (κ2) is 5.19. The molecule has 70 valence electrons. The molecule has 12 heavy (non-hydrogen) atoms. The average molecular weight is 187 g/mol. The second-order valence-electron chi connectivity index (χ2n) is 3.68. The Hall–Kier alpha value is -0.513. The topological polar surface area (TPSA) is 58.0 Å². The van der Waals surface area contributed by atoms with E-state index in [-0.39, 0.29) is 6.23 Å². The quantitative estimate of drug-likeness (QED) is 0.282. The summed E-state index contributed by atoms with van der Waals surface area (Å²) in [4.78, 5) is 2.76. The van der Waals surface area contributed by atoms with Crippen LogP contribution in [0.3, 0.4) is 0 Å². The highest BCUT2D eigenvalue weighted by Crippen LogP contribution is 2.12. The predicted octanol–water partition coefficient (Wildman–Crippen LogP) is 3.27. The summed E-state index contributed by atoms with van der Waals surface area (Å²) in [6.45, 7) is 8.31. The number of rotatable bonds is 5. The normalized spacial score (nSPS) is 13.7. The van der Waals surface area contributed by atoms with E-state index in [2.05, 4.69) is 29.7 Å². The van der Waals surface area contributed by atoms with Crippen molar-refractivity contribution in [3.63, 3.8) is 0 Å². The summed E-state index contributed by atoms with van der Waals surface area (Å²) in [5, 5.41) is 3.59. The SMILES string of the molecule is CCCC(N=[N+]=[N-])O[Si](C)(C)C. The molecule has 0 aromatic rings. The van der Waals surface area contributed by atoms with Crippen molar-refractivity contribution in [1.82, 2.24) is 0 Å². The number of azide groups is 1. The molecular weight excluding hydrogens is 170 g/mol. The minimum Gasteiger partial charge on any atom is -0.409 e. The van der Waals surface area contributed by atoms with Gasteiger partial charge in [0.15, 0.2) is 8.32 Å². The van der Waals surface area contributed by atoms with Crippen molar-refractivity contribution in [2.45, 2.75) is 45.6 Å². The van der Waals surface area contributed by atoms with Crippen molar-refractivity contribution in [3.8, 4) is 0 Å². The van der Waals surface area contributed by atoms with Crippen LogP contribution in [-0.4, -0.2) is 14.5 Å². The van der Waals surface area contributed by atoms with Crippen LogP contribution < -0.4 is 0 Å². The van der Waals surface area contributed by atoms with Crippen molar-refractivity contribution in [3.05, 3.63) is 10.4 Å². The van der Waals surface area contributed by atoms with Crippen LogP contribution in [0.5, 0.6) is 0 Å². The summed E-state index contributed by atoms with van der Waals surface area (Å²) in [6, 6.07) is 0. The van der Waals surface area contributed by atoms with Crippen molar-refractivity contribution in [2.75, 3.05) is 0 Å². The van der Waals surface area contributed by atoms with Gasteiger partial charge in [-0.1, -0.05) is 18.5 Å². The molecule has 0 heterocycles. The maximum Gasteiger partial charge on any atom is 0.184 e. The maximum absolute atomic E-state index is 8.25. The van der Waals surface area contributed by atoms with Crippen LogP contribution in [0, 0.1) is 0 Å². The van der Waals surface area contributed by atoms with Gasteiger partial charge in [-0.25, -0.2) is 0 Å². The molecule has 1 unspecified atom stereocenters. The van der Waals surface area contributed by atoms with Gasteiger partial charge in [-0.2, -0.15) is 0 Å². The highest BCUT2D eigenvalue weighted by Gasteiger charge is 2.19. The van der Waals surface area contributed by atoms with Crippen molar-refractivity contribution in [1.29, 1.82) is 0 Å². The van der Waals surface area contributed by atoms with E-state index in [0.29, 0.717) is 0 Å². The highest BCUT2D eigenvalue weighted by molar-refractivity contribution is 6.69. The van der Waals surface area contributed by atoms with E-state index >= 15 is 0 Å². The summed E-state index contributed by atoms with van der Waals surface area (Å²) in [7, 11) is -1.56. The molecule has 0 aliphatic carbocycles. The molecule has 1 atom stereocenters. The molecule has 0 rings (SSSR count). The van der Waals surface area contributed by atoms with Crippen LogP contribution >= 0.6 is 0 Å². The van der Waals surface area contributed by atoms with Gasteiger partial charge in [-0.15, -0.1) is 0 Å². The summed E-state index contributed by atoms with van der Waals surface area (Å²) in [5.74, 6) is 0. The fraction of sp³-hybridized carbons (Fsp3) is 1.00. The minimum atomic E-state index is -1.56. The van der Waals surface area contributed by atoms with E-state index in [0.717, 1.165) is 12.8 Å². The molecule has 0 amide bonds. The Morgan fingerprint density at radius 3 is 2.42 bits per heavy atom. The van der Waals surface area contributed by atoms with Gasteiger partial charge in [0.1, 0.15) is 6.23 Å². The Kier molecular flexibility index (Phi) is 4.97. The van der Waals surface area contributed by atoms with Crippen molar-refractivity contribution < 1.29 is 4.43 Å². The van der Waals surface area contributed by atoms with E-state index in [1.807, 2.05) is 6.92 Å². The van der Waals surface area contributed by atoms with Gasteiger partial charge in [0.25, 0.3) is 0 Å². The number of hydrogen-bond donors (Lipinski definition) is 0. The molecule has 0 aliphatic heterocycles. The van der Waals surface area contributed by atoms with Crippen LogP contribution in [0.25, 0.3) is 10.4 Å². The zero-order valence-electron chi connectivity index (χ0n) is 8.24. The first-order valence-corrected chi connectivity index (χ1v) is 7.62. The van der Waals surface area contributed by atoms with Gasteiger partial charge in [-0.3, -0.25) is 0 Å². The van der Waals surface area contributed by atoms with Gasteiger partial charge in [0.2, 0.25) is 0 Å². The lowest BCUT2D eigenvalue weighted by Crippen LogP contribution is -2.30. The molecular formula is C7H17N3OSi. The molecule has 5 heteroatoms. The third-order valence-corrected chi connectivity index (χ3v) is 2.18. The standard InChI is InChI=1S/C7H17N3OSi/c1-5-6-7(9-10-8)11-12(2,3)4/h7H,5-6H2,1-4H3. The Bertz CT molecular complexity index is 172. The van der Waals surface area contributed by atoms with E-state index in [1.165, 1.54) is 0 Å². The van der Waals surface area contributed by atoms with Crippen LogP contribution in [-0.2, 0) is 4.43 Å². The molecule has 0 aliphatic rings. The van der Waals surface area contributed by atoms with E-state index < -0.39 is 8.32 Å². The van der Waals surface area contributed by atoms with Crippen LogP contribution in [0.15, 0.2) is 5.11 Å². The van der Waals surface area contributed by atoms with Gasteiger partial charge in [0, 0.05) is 4.91 Å². The lowest BCUT2D eigenvalue weighted by atomic mass is 10.3. The Labute approximate surface area is 74.7 Å². The van der Waals surface area contributed by atoms with E-state index in [4.69, 9.17) is 9.96 Å². The van der Waals surface area contributed by atoms with Crippen LogP contribution in [0.4, 0.5) is 0 Å². The Balaban J connectivity index is 4.03. The first-order valence-electron chi connectivity index (χ1n) is 4.21. The lowest BCUT2D eigenvalue weighted by molar-refractivity contribution is 0.190. The molecule has 0 radical (unpaired) electrons. The first-order chi connectivity index (χ1) is 5.49. The molecule has 0 bridgehead atoms. The molecule has 0 aromatic carbocycles. The fourth-order valence-electron chi connectivity index (χ4n) is 0.853. The highest BCUT2D eigenvalue weighted by atomic mass is 28.4. The predicted molar refractivity (Wildman–Crippen MR) is 52.3 cm³/mol. The molecule has 0 fully saturated rings. The molecule has 0 saturated carbocycles. The third-order valence-electron chi connectivity index (χ3n) is 1.21. The minimum absolute atomic E-state index is 0.258. The van der Waals surface area contributed by atoms with Crippen LogP contribution in [0.2, 0.25) is 19.6 Å². The van der Waals surface area contributed by atoms with Gasteiger partial charge in [-0.05, 0) is 31.6 Å². The average Bonchev–Trinajstić information content (AvgIpc) is 1.84. The molecule has 0 spiro atoms. The Morgan fingerprint density at radius 2 is 2.08 bits per heavy atom. The number of nitrogens with zero attached hydrogens (tertiary/aromatic N) is 3. The lowest BCUT2D eigenvalue weighted by Gasteiger charge is -2.22. The van der Waals surface area contributed by atoms with Crippen LogP contribution in [0.1, 0.15) is 19.8 Å². The smallest absolute Gasteiger partial charge is 0.184 e. The van der Waals surface area contributed by atoms with Gasteiger partial charge < -0.3 is 4.43 Å². The largest absolute Gasteiger partial charge is 0.409 e. The van der Waals surface area contributed by atoms with E-state index in [9.17, 15) is 0 Å². The number of hydrogen-bond acceptors (Lipinski definition) is 2. The molecule has 0 aromatic heterocycles. The summed E-state index contributed by atoms with van der Waals surface area (Å²) in [5.41, 5.74) is 8.25. The zero-order chi connectivity index (χ0) is 9.61. The Morgan fingerprint density at radius 1 is 1.50 bits per heavy atom. The molecule has 0 saturated heterocycles. The maximum atomic E-state index is 8.25. The monoisotopic (exact) mass is 187 g/mol. The van der Waals surface area contributed by atoms with Gasteiger partial charge in [0.05, 0.1) is 0 Å². The molecule has 0 N–H and O–H groups in total. The van der Waals surface area contributed by atoms with Crippen molar-refractivity contribution >= 4 is 8.32 Å². The van der Waals surface area contributed by atoms with E-state index in [1.54, 1.807) is 0 Å². The fourth-order valence-corrected chi connectivity index (χ4v) is 1.83. The second-order valence-corrected chi connectivity index (χ2v) is 8.14. The van der Waals surface area contributed by atoms with Gasteiger partial charge >= 0.3 is 0 Å².